The maximum atomic E-state index is 12.5. The fourth-order valence-electron chi connectivity index (χ4n) is 3.31. The summed E-state index contributed by atoms with van der Waals surface area (Å²) in [4.78, 5) is 14.0. The molecule has 2 aliphatic heterocycles. The van der Waals surface area contributed by atoms with Gasteiger partial charge in [-0.3, -0.25) is 4.90 Å². The Bertz CT molecular complexity index is 571. The quantitative estimate of drug-likeness (QED) is 0.914. The molecule has 132 valence electrons. The van der Waals surface area contributed by atoms with E-state index in [0.717, 1.165) is 5.56 Å². The van der Waals surface area contributed by atoms with E-state index in [-0.39, 0.29) is 31.0 Å². The van der Waals surface area contributed by atoms with E-state index in [1.54, 1.807) is 4.90 Å². The number of carbonyl (C=O) groups excluding carboxylic acids is 1. The van der Waals surface area contributed by atoms with E-state index in [9.17, 15) is 9.90 Å². The minimum absolute atomic E-state index is 0.204. The van der Waals surface area contributed by atoms with E-state index in [1.165, 1.54) is 0 Å². The third kappa shape index (κ3) is 3.71. The Morgan fingerprint density at radius 1 is 1.33 bits per heavy atom. The van der Waals surface area contributed by atoms with Crippen LogP contribution in [0.4, 0.5) is 4.79 Å². The third-order valence-electron chi connectivity index (χ3n) is 4.24. The van der Waals surface area contributed by atoms with Crippen molar-refractivity contribution in [3.8, 4) is 0 Å². The Morgan fingerprint density at radius 2 is 2.04 bits per heavy atom. The molecule has 24 heavy (non-hydrogen) atoms. The predicted octanol–water partition coefficient (Wildman–Crippen LogP) is 1.95. The molecule has 4 atom stereocenters. The first-order valence-corrected chi connectivity index (χ1v) is 8.30. The van der Waals surface area contributed by atoms with E-state index in [4.69, 9.17) is 14.2 Å². The molecular formula is C18H25NO5. The molecule has 3 rings (SSSR count). The van der Waals surface area contributed by atoms with Crippen LogP contribution in [0.25, 0.3) is 0 Å². The maximum absolute atomic E-state index is 12.5. The average molecular weight is 335 g/mol. The molecule has 0 spiro atoms. The molecular weight excluding hydrogens is 310 g/mol. The number of hydrogen-bond donors (Lipinski definition) is 1. The van der Waals surface area contributed by atoms with E-state index < -0.39 is 18.2 Å². The number of carbonyl (C=O) groups is 1. The first-order chi connectivity index (χ1) is 11.3. The van der Waals surface area contributed by atoms with Gasteiger partial charge in [-0.25, -0.2) is 4.79 Å². The van der Waals surface area contributed by atoms with Crippen LogP contribution in [0.15, 0.2) is 30.3 Å². The molecule has 0 radical (unpaired) electrons. The van der Waals surface area contributed by atoms with Crippen molar-refractivity contribution in [2.45, 2.75) is 57.3 Å². The van der Waals surface area contributed by atoms with Gasteiger partial charge in [0.1, 0.15) is 24.9 Å². The molecule has 0 bridgehead atoms. The van der Waals surface area contributed by atoms with Crippen LogP contribution < -0.4 is 0 Å². The highest BCUT2D eigenvalue weighted by molar-refractivity contribution is 5.69. The minimum atomic E-state index is -0.715. The Kier molecular flexibility index (Phi) is 4.80. The standard InChI is InChI=1S/C18H25NO5/c1-18(2,3)24-14-9-19(15-13(20)11-22-16(14)15)17(21)23-10-12-7-5-4-6-8-12/h4-8,13-16,20H,9-11H2,1-3H3/t13-,14+,15+,16+/m0/s1. The summed E-state index contributed by atoms with van der Waals surface area (Å²) in [5.74, 6) is 0. The summed E-state index contributed by atoms with van der Waals surface area (Å²) < 4.78 is 17.1. The highest BCUT2D eigenvalue weighted by Gasteiger charge is 2.54. The number of likely N-dealkylation sites (tertiary alicyclic amines) is 1. The highest BCUT2D eigenvalue weighted by atomic mass is 16.6. The molecule has 1 aromatic carbocycles. The number of amides is 1. The topological polar surface area (TPSA) is 68.2 Å². The maximum Gasteiger partial charge on any atom is 0.410 e. The summed E-state index contributed by atoms with van der Waals surface area (Å²) in [5, 5.41) is 10.2. The van der Waals surface area contributed by atoms with Gasteiger partial charge in [0.15, 0.2) is 0 Å². The SMILES string of the molecule is CC(C)(C)O[C@@H]1CN(C(=O)OCc2ccccc2)[C@H]2[C@@H]1OC[C@@H]2O. The second-order valence-corrected chi connectivity index (χ2v) is 7.32. The second kappa shape index (κ2) is 6.70. The van der Waals surface area contributed by atoms with Gasteiger partial charge in [0.2, 0.25) is 0 Å². The molecule has 2 aliphatic rings. The van der Waals surface area contributed by atoms with Gasteiger partial charge in [-0.05, 0) is 26.3 Å². The molecule has 2 heterocycles. The lowest BCUT2D eigenvalue weighted by atomic mass is 10.1. The largest absolute Gasteiger partial charge is 0.445 e. The molecule has 1 aromatic rings. The van der Waals surface area contributed by atoms with Gasteiger partial charge in [0.05, 0.1) is 24.8 Å². The average Bonchev–Trinajstić information content (AvgIpc) is 3.06. The minimum Gasteiger partial charge on any atom is -0.445 e. The molecule has 0 aliphatic carbocycles. The Labute approximate surface area is 142 Å². The zero-order chi connectivity index (χ0) is 17.3. The van der Waals surface area contributed by atoms with Gasteiger partial charge in [0, 0.05) is 0 Å². The molecule has 0 saturated carbocycles. The van der Waals surface area contributed by atoms with Crippen molar-refractivity contribution in [3.63, 3.8) is 0 Å². The summed E-state index contributed by atoms with van der Waals surface area (Å²) in [6.07, 6.45) is -1.74. The monoisotopic (exact) mass is 335 g/mol. The summed E-state index contributed by atoms with van der Waals surface area (Å²) in [6, 6.07) is 9.10. The Morgan fingerprint density at radius 3 is 2.71 bits per heavy atom. The molecule has 1 N–H and O–H groups in total. The summed E-state index contributed by atoms with van der Waals surface area (Å²) >= 11 is 0. The van der Waals surface area contributed by atoms with Gasteiger partial charge in [-0.2, -0.15) is 0 Å². The number of benzene rings is 1. The second-order valence-electron chi connectivity index (χ2n) is 7.32. The normalized spacial score (nSPS) is 29.6. The first-order valence-electron chi connectivity index (χ1n) is 8.30. The van der Waals surface area contributed by atoms with Crippen molar-refractivity contribution in [1.82, 2.24) is 4.90 Å². The molecule has 1 amide bonds. The van der Waals surface area contributed by atoms with Gasteiger partial charge >= 0.3 is 6.09 Å². The number of rotatable bonds is 3. The van der Waals surface area contributed by atoms with Crippen molar-refractivity contribution in [3.05, 3.63) is 35.9 Å². The smallest absolute Gasteiger partial charge is 0.410 e. The molecule has 2 saturated heterocycles. The number of ether oxygens (including phenoxy) is 3. The fraction of sp³-hybridized carbons (Fsp3) is 0.611. The zero-order valence-electron chi connectivity index (χ0n) is 14.3. The third-order valence-corrected chi connectivity index (χ3v) is 4.24. The van der Waals surface area contributed by atoms with Crippen LogP contribution in [0, 0.1) is 0 Å². The van der Waals surface area contributed by atoms with Crippen molar-refractivity contribution < 1.29 is 24.1 Å². The lowest BCUT2D eigenvalue weighted by molar-refractivity contribution is -0.101. The van der Waals surface area contributed by atoms with Crippen molar-refractivity contribution in [2.75, 3.05) is 13.2 Å². The lowest BCUT2D eigenvalue weighted by Crippen LogP contribution is -2.44. The predicted molar refractivity (Wildman–Crippen MR) is 87.5 cm³/mol. The summed E-state index contributed by atoms with van der Waals surface area (Å²) in [5.41, 5.74) is 0.572. The van der Waals surface area contributed by atoms with Crippen LogP contribution in [-0.4, -0.2) is 59.2 Å². The van der Waals surface area contributed by atoms with Crippen molar-refractivity contribution in [1.29, 1.82) is 0 Å². The van der Waals surface area contributed by atoms with E-state index in [0.29, 0.717) is 6.54 Å². The summed E-state index contributed by atoms with van der Waals surface area (Å²) in [7, 11) is 0. The van der Waals surface area contributed by atoms with Crippen LogP contribution in [0.3, 0.4) is 0 Å². The van der Waals surface area contributed by atoms with E-state index in [2.05, 4.69) is 0 Å². The molecule has 2 fully saturated rings. The number of aliphatic hydroxyl groups excluding tert-OH is 1. The van der Waals surface area contributed by atoms with Crippen LogP contribution in [0.5, 0.6) is 0 Å². The molecule has 0 unspecified atom stereocenters. The molecule has 0 aromatic heterocycles. The van der Waals surface area contributed by atoms with E-state index >= 15 is 0 Å². The van der Waals surface area contributed by atoms with Crippen LogP contribution in [0.1, 0.15) is 26.3 Å². The van der Waals surface area contributed by atoms with Gasteiger partial charge in [-0.1, -0.05) is 30.3 Å². The first kappa shape index (κ1) is 17.2. The molecule has 6 heteroatoms. The van der Waals surface area contributed by atoms with Crippen LogP contribution in [0.2, 0.25) is 0 Å². The van der Waals surface area contributed by atoms with Crippen molar-refractivity contribution in [2.24, 2.45) is 0 Å². The van der Waals surface area contributed by atoms with Gasteiger partial charge in [-0.15, -0.1) is 0 Å². The number of hydrogen-bond acceptors (Lipinski definition) is 5. The Balaban J connectivity index is 1.66. The van der Waals surface area contributed by atoms with Crippen molar-refractivity contribution >= 4 is 6.09 Å². The highest BCUT2D eigenvalue weighted by Crippen LogP contribution is 2.34. The lowest BCUT2D eigenvalue weighted by Gasteiger charge is -2.27. The Hall–Kier alpha value is -1.63. The van der Waals surface area contributed by atoms with Gasteiger partial charge < -0.3 is 19.3 Å². The van der Waals surface area contributed by atoms with Crippen LogP contribution in [-0.2, 0) is 20.8 Å². The number of fused-ring (bicyclic) bond motifs is 1. The van der Waals surface area contributed by atoms with Crippen LogP contribution >= 0.6 is 0 Å². The number of aliphatic hydroxyl groups is 1. The number of nitrogens with zero attached hydrogens (tertiary/aromatic N) is 1. The summed E-state index contributed by atoms with van der Waals surface area (Å²) in [6.45, 7) is 6.66. The van der Waals surface area contributed by atoms with E-state index in [1.807, 2.05) is 51.1 Å². The van der Waals surface area contributed by atoms with Gasteiger partial charge in [0.25, 0.3) is 0 Å². The fourth-order valence-corrected chi connectivity index (χ4v) is 3.31. The zero-order valence-corrected chi connectivity index (χ0v) is 14.3. The molecule has 6 nitrogen and oxygen atoms in total.